The van der Waals surface area contributed by atoms with E-state index in [0.717, 1.165) is 4.90 Å². The van der Waals surface area contributed by atoms with Crippen molar-refractivity contribution in [1.29, 1.82) is 0 Å². The number of anilines is 1. The number of amides is 3. The van der Waals surface area contributed by atoms with Gasteiger partial charge in [-0.2, -0.15) is 0 Å². The molecule has 0 saturated carbocycles. The Morgan fingerprint density at radius 2 is 2.18 bits per heavy atom. The van der Waals surface area contributed by atoms with Crippen molar-refractivity contribution in [2.24, 2.45) is 5.73 Å². The van der Waals surface area contributed by atoms with Crippen molar-refractivity contribution in [3.63, 3.8) is 0 Å². The van der Waals surface area contributed by atoms with E-state index in [4.69, 9.17) is 5.73 Å². The molecule has 1 aromatic rings. The molecule has 0 radical (unpaired) electrons. The second-order valence-corrected chi connectivity index (χ2v) is 3.87. The molecule has 1 aromatic carbocycles. The van der Waals surface area contributed by atoms with Crippen LogP contribution in [0.3, 0.4) is 0 Å². The Morgan fingerprint density at radius 1 is 1.47 bits per heavy atom. The first-order valence-corrected chi connectivity index (χ1v) is 5.64. The molecular formula is C11H15N3O2S. The van der Waals surface area contributed by atoms with E-state index in [9.17, 15) is 9.59 Å². The van der Waals surface area contributed by atoms with Gasteiger partial charge in [0.05, 0.1) is 5.69 Å². The van der Waals surface area contributed by atoms with Crippen LogP contribution >= 0.6 is 12.6 Å². The average Bonchev–Trinajstić information content (AvgIpc) is 2.33. The molecule has 0 aliphatic carbocycles. The molecule has 0 fully saturated rings. The number of para-hydroxylation sites is 1. The Labute approximate surface area is 105 Å². The maximum Gasteiger partial charge on any atom is 0.328 e. The van der Waals surface area contributed by atoms with E-state index in [0.29, 0.717) is 36.5 Å². The third-order valence-electron chi connectivity index (χ3n) is 2.14. The van der Waals surface area contributed by atoms with Crippen LogP contribution in [-0.4, -0.2) is 30.4 Å². The summed E-state index contributed by atoms with van der Waals surface area (Å²) in [6.45, 7) is 0.737. The first-order valence-electron chi connectivity index (χ1n) is 5.20. The molecule has 5 nitrogen and oxygen atoms in total. The molecular weight excluding hydrogens is 238 g/mol. The molecule has 17 heavy (non-hydrogen) atoms. The van der Waals surface area contributed by atoms with Crippen LogP contribution in [0.25, 0.3) is 0 Å². The van der Waals surface area contributed by atoms with E-state index in [1.165, 1.54) is 0 Å². The van der Waals surface area contributed by atoms with Crippen LogP contribution < -0.4 is 11.1 Å². The van der Waals surface area contributed by atoms with Crippen molar-refractivity contribution >= 4 is 30.8 Å². The molecule has 1 rings (SSSR count). The SMILES string of the molecule is NCCCN(C=O)C(=O)Nc1ccccc1S. The van der Waals surface area contributed by atoms with Gasteiger partial charge in [-0.05, 0) is 25.1 Å². The van der Waals surface area contributed by atoms with E-state index in [1.54, 1.807) is 18.2 Å². The number of thiol groups is 1. The van der Waals surface area contributed by atoms with E-state index in [2.05, 4.69) is 17.9 Å². The molecule has 0 aliphatic heterocycles. The minimum absolute atomic E-state index is 0.306. The van der Waals surface area contributed by atoms with Gasteiger partial charge < -0.3 is 11.1 Å². The highest BCUT2D eigenvalue weighted by Crippen LogP contribution is 2.18. The highest BCUT2D eigenvalue weighted by atomic mass is 32.1. The van der Waals surface area contributed by atoms with Gasteiger partial charge in [0.1, 0.15) is 0 Å². The predicted molar refractivity (Wildman–Crippen MR) is 69.2 cm³/mol. The number of imide groups is 1. The normalized spacial score (nSPS) is 9.76. The lowest BCUT2D eigenvalue weighted by atomic mass is 10.3. The van der Waals surface area contributed by atoms with Gasteiger partial charge in [0, 0.05) is 11.4 Å². The summed E-state index contributed by atoms with van der Waals surface area (Å²) in [5, 5.41) is 2.61. The largest absolute Gasteiger partial charge is 0.330 e. The quantitative estimate of drug-likeness (QED) is 0.547. The first-order chi connectivity index (χ1) is 8.19. The maximum absolute atomic E-state index is 11.7. The molecule has 3 amide bonds. The zero-order valence-electron chi connectivity index (χ0n) is 9.30. The number of benzene rings is 1. The van der Waals surface area contributed by atoms with E-state index < -0.39 is 6.03 Å². The third kappa shape index (κ3) is 4.08. The molecule has 0 atom stereocenters. The summed E-state index contributed by atoms with van der Waals surface area (Å²) in [5.41, 5.74) is 5.89. The zero-order chi connectivity index (χ0) is 12.7. The molecule has 0 heterocycles. The van der Waals surface area contributed by atoms with Gasteiger partial charge in [0.25, 0.3) is 0 Å². The van der Waals surface area contributed by atoms with Crippen molar-refractivity contribution in [3.8, 4) is 0 Å². The number of carbonyl (C=O) groups is 2. The predicted octanol–water partition coefficient (Wildman–Crippen LogP) is 1.31. The fourth-order valence-electron chi connectivity index (χ4n) is 1.23. The van der Waals surface area contributed by atoms with Gasteiger partial charge in [-0.1, -0.05) is 12.1 Å². The smallest absolute Gasteiger partial charge is 0.328 e. The van der Waals surface area contributed by atoms with Crippen LogP contribution in [-0.2, 0) is 4.79 Å². The van der Waals surface area contributed by atoms with Gasteiger partial charge in [-0.3, -0.25) is 9.69 Å². The second-order valence-electron chi connectivity index (χ2n) is 3.39. The van der Waals surface area contributed by atoms with Crippen LogP contribution in [0.4, 0.5) is 10.5 Å². The second kappa shape index (κ2) is 6.93. The summed E-state index contributed by atoms with van der Waals surface area (Å²) < 4.78 is 0. The number of nitrogens with two attached hydrogens (primary N) is 1. The summed E-state index contributed by atoms with van der Waals surface area (Å²) in [6, 6.07) is 6.58. The molecule has 92 valence electrons. The van der Waals surface area contributed by atoms with Gasteiger partial charge in [0.2, 0.25) is 6.41 Å². The summed E-state index contributed by atoms with van der Waals surface area (Å²) in [6.07, 6.45) is 1.07. The highest BCUT2D eigenvalue weighted by molar-refractivity contribution is 7.80. The van der Waals surface area contributed by atoms with Crippen LogP contribution in [0.1, 0.15) is 6.42 Å². The van der Waals surface area contributed by atoms with Crippen molar-refractivity contribution in [1.82, 2.24) is 4.90 Å². The fourth-order valence-corrected chi connectivity index (χ4v) is 1.45. The summed E-state index contributed by atoms with van der Waals surface area (Å²) in [5.74, 6) is 0. The summed E-state index contributed by atoms with van der Waals surface area (Å²) in [4.78, 5) is 24.1. The average molecular weight is 253 g/mol. The standard InChI is InChI=1S/C11H15N3O2S/c12-6-3-7-14(8-15)11(16)13-9-4-1-2-5-10(9)17/h1-2,4-5,8,17H,3,6-7,12H2,(H,13,16). The minimum Gasteiger partial charge on any atom is -0.330 e. The molecule has 0 aliphatic rings. The van der Waals surface area contributed by atoms with Crippen molar-refractivity contribution in [3.05, 3.63) is 24.3 Å². The summed E-state index contributed by atoms with van der Waals surface area (Å²) in [7, 11) is 0. The molecule has 0 unspecified atom stereocenters. The fraction of sp³-hybridized carbons (Fsp3) is 0.273. The first kappa shape index (κ1) is 13.5. The minimum atomic E-state index is -0.477. The number of hydrogen-bond donors (Lipinski definition) is 3. The highest BCUT2D eigenvalue weighted by Gasteiger charge is 2.12. The third-order valence-corrected chi connectivity index (χ3v) is 2.53. The number of urea groups is 1. The Morgan fingerprint density at radius 3 is 2.76 bits per heavy atom. The molecule has 0 aromatic heterocycles. The van der Waals surface area contributed by atoms with Crippen LogP contribution in [0, 0.1) is 0 Å². The van der Waals surface area contributed by atoms with Gasteiger partial charge in [-0.25, -0.2) is 4.79 Å². The van der Waals surface area contributed by atoms with E-state index in [-0.39, 0.29) is 0 Å². The van der Waals surface area contributed by atoms with Gasteiger partial charge in [-0.15, -0.1) is 12.6 Å². The lowest BCUT2D eigenvalue weighted by Gasteiger charge is -2.16. The van der Waals surface area contributed by atoms with Crippen molar-refractivity contribution in [2.75, 3.05) is 18.4 Å². The van der Waals surface area contributed by atoms with E-state index in [1.807, 2.05) is 6.07 Å². The van der Waals surface area contributed by atoms with Gasteiger partial charge >= 0.3 is 6.03 Å². The monoisotopic (exact) mass is 253 g/mol. The topological polar surface area (TPSA) is 75.4 Å². The maximum atomic E-state index is 11.7. The Balaban J connectivity index is 2.64. The Bertz CT molecular complexity index is 398. The lowest BCUT2D eigenvalue weighted by Crippen LogP contribution is -2.35. The molecule has 3 N–H and O–H groups in total. The van der Waals surface area contributed by atoms with Crippen molar-refractivity contribution in [2.45, 2.75) is 11.3 Å². The lowest BCUT2D eigenvalue weighted by molar-refractivity contribution is -0.115. The molecule has 0 spiro atoms. The Hall–Kier alpha value is -1.53. The van der Waals surface area contributed by atoms with Gasteiger partial charge in [0.15, 0.2) is 0 Å². The number of nitrogens with one attached hydrogen (secondary N) is 1. The number of rotatable bonds is 5. The van der Waals surface area contributed by atoms with E-state index >= 15 is 0 Å². The number of carbonyl (C=O) groups excluding carboxylic acids is 2. The zero-order valence-corrected chi connectivity index (χ0v) is 10.2. The molecule has 0 bridgehead atoms. The molecule has 6 heteroatoms. The Kier molecular flexibility index (Phi) is 5.51. The molecule has 0 saturated heterocycles. The van der Waals surface area contributed by atoms with Crippen LogP contribution in [0.5, 0.6) is 0 Å². The van der Waals surface area contributed by atoms with Crippen LogP contribution in [0.2, 0.25) is 0 Å². The number of nitrogens with zero attached hydrogens (tertiary/aromatic N) is 1. The summed E-state index contributed by atoms with van der Waals surface area (Å²) >= 11 is 4.20. The van der Waals surface area contributed by atoms with Crippen molar-refractivity contribution < 1.29 is 9.59 Å². The number of hydrogen-bond acceptors (Lipinski definition) is 4. The van der Waals surface area contributed by atoms with Crippen LogP contribution in [0.15, 0.2) is 29.2 Å².